The fourth-order valence-electron chi connectivity index (χ4n) is 5.15. The highest BCUT2D eigenvalue weighted by molar-refractivity contribution is 7.16. The molecule has 5 aromatic heterocycles. The minimum atomic E-state index is -0.239. The summed E-state index contributed by atoms with van der Waals surface area (Å²) < 4.78 is 6.59. The summed E-state index contributed by atoms with van der Waals surface area (Å²) in [6.45, 7) is 0. The summed E-state index contributed by atoms with van der Waals surface area (Å²) in [6.07, 6.45) is 2.08. The standard InChI is InChI=1S/C25H19N5O2S2/c1-28-9-8-12-22(28)23-14(29(12)2)11-13(30(23)3)15-6-7-17(34-15)21-19-18(24(31)27-21)20(26-25(19)32)16-5-4-10-33-16/h4-11H,1-3H3,(H,26,32)(H,27,31). The first-order valence-corrected chi connectivity index (χ1v) is 12.5. The van der Waals surface area contributed by atoms with E-state index in [0.29, 0.717) is 22.5 Å². The van der Waals surface area contributed by atoms with Gasteiger partial charge < -0.3 is 24.3 Å². The smallest absolute Gasteiger partial charge is 0.258 e. The highest BCUT2D eigenvalue weighted by Crippen LogP contribution is 2.42. The third kappa shape index (κ3) is 2.40. The van der Waals surface area contributed by atoms with Crippen molar-refractivity contribution in [2.45, 2.75) is 0 Å². The van der Waals surface area contributed by atoms with Gasteiger partial charge in [-0.3, -0.25) is 9.59 Å². The normalized spacial score (nSPS) is 15.9. The van der Waals surface area contributed by atoms with Gasteiger partial charge in [-0.1, -0.05) is 6.07 Å². The van der Waals surface area contributed by atoms with Gasteiger partial charge in [0.05, 0.1) is 64.9 Å². The van der Waals surface area contributed by atoms with Crippen molar-refractivity contribution >= 4 is 67.9 Å². The average Bonchev–Trinajstić information content (AvgIpc) is 3.62. The lowest BCUT2D eigenvalue weighted by atomic mass is 10.1. The third-order valence-corrected chi connectivity index (χ3v) is 8.78. The Morgan fingerprint density at radius 1 is 0.765 bits per heavy atom. The molecule has 0 bridgehead atoms. The molecule has 0 radical (unpaired) electrons. The number of nitrogens with one attached hydrogen (secondary N) is 2. The SMILES string of the molecule is Cn1ccc2c1c1c(cc(-c3ccc(C4=C5C(=O)NC(c6cccs6)=C5C(=O)N4)s3)n1C)n2C. The maximum absolute atomic E-state index is 12.9. The van der Waals surface area contributed by atoms with Crippen molar-refractivity contribution in [1.82, 2.24) is 24.3 Å². The molecule has 0 spiro atoms. The lowest BCUT2D eigenvalue weighted by Gasteiger charge is -2.04. The highest BCUT2D eigenvalue weighted by Gasteiger charge is 2.41. The molecule has 7 nitrogen and oxygen atoms in total. The Kier molecular flexibility index (Phi) is 3.82. The van der Waals surface area contributed by atoms with Crippen molar-refractivity contribution in [2.24, 2.45) is 21.1 Å². The van der Waals surface area contributed by atoms with Gasteiger partial charge in [-0.2, -0.15) is 0 Å². The second-order valence-corrected chi connectivity index (χ2v) is 10.6. The molecule has 34 heavy (non-hydrogen) atoms. The highest BCUT2D eigenvalue weighted by atomic mass is 32.1. The summed E-state index contributed by atoms with van der Waals surface area (Å²) in [5, 5.41) is 7.79. The maximum atomic E-state index is 12.9. The van der Waals surface area contributed by atoms with Crippen LogP contribution in [0.25, 0.3) is 44.0 Å². The lowest BCUT2D eigenvalue weighted by molar-refractivity contribution is -0.117. The first-order valence-electron chi connectivity index (χ1n) is 10.8. The predicted octanol–water partition coefficient (Wildman–Crippen LogP) is 4.18. The zero-order valence-corrected chi connectivity index (χ0v) is 20.2. The van der Waals surface area contributed by atoms with E-state index >= 15 is 0 Å². The minimum absolute atomic E-state index is 0.239. The Labute approximate surface area is 202 Å². The molecule has 0 fully saturated rings. The van der Waals surface area contributed by atoms with Crippen molar-refractivity contribution in [3.63, 3.8) is 0 Å². The number of thiophene rings is 2. The molecular weight excluding hydrogens is 466 g/mol. The van der Waals surface area contributed by atoms with E-state index in [9.17, 15) is 9.59 Å². The number of aromatic nitrogens is 3. The Balaban J connectivity index is 1.36. The van der Waals surface area contributed by atoms with Crippen LogP contribution in [-0.2, 0) is 30.7 Å². The molecular formula is C25H19N5O2S2. The molecule has 2 aliphatic heterocycles. The van der Waals surface area contributed by atoms with Gasteiger partial charge in [0.15, 0.2) is 0 Å². The quantitative estimate of drug-likeness (QED) is 0.402. The summed E-state index contributed by atoms with van der Waals surface area (Å²) in [6, 6.07) is 12.2. The molecule has 0 saturated carbocycles. The first kappa shape index (κ1) is 19.6. The molecule has 2 aliphatic rings. The Morgan fingerprint density at radius 2 is 1.47 bits per heavy atom. The topological polar surface area (TPSA) is 73.0 Å². The van der Waals surface area contributed by atoms with Gasteiger partial charge in [0.1, 0.15) is 0 Å². The van der Waals surface area contributed by atoms with Gasteiger partial charge in [0.25, 0.3) is 11.8 Å². The number of aryl methyl sites for hydroxylation is 3. The average molecular weight is 486 g/mol. The molecule has 0 aliphatic carbocycles. The molecule has 0 aromatic carbocycles. The molecule has 0 saturated heterocycles. The van der Waals surface area contributed by atoms with Crippen LogP contribution in [0.5, 0.6) is 0 Å². The van der Waals surface area contributed by atoms with Crippen molar-refractivity contribution in [1.29, 1.82) is 0 Å². The van der Waals surface area contributed by atoms with E-state index in [-0.39, 0.29) is 11.8 Å². The number of hydrogen-bond acceptors (Lipinski definition) is 4. The number of carbonyl (C=O) groups is 2. The summed E-state index contributed by atoms with van der Waals surface area (Å²) in [5.74, 6) is -0.477. The van der Waals surface area contributed by atoms with Crippen LogP contribution in [0.3, 0.4) is 0 Å². The van der Waals surface area contributed by atoms with Crippen molar-refractivity contribution in [3.8, 4) is 10.6 Å². The molecule has 2 amide bonds. The number of rotatable bonds is 3. The second kappa shape index (κ2) is 6.62. The van der Waals surface area contributed by atoms with Crippen LogP contribution >= 0.6 is 22.7 Å². The van der Waals surface area contributed by atoms with Gasteiger partial charge in [-0.15, -0.1) is 22.7 Å². The molecule has 2 N–H and O–H groups in total. The van der Waals surface area contributed by atoms with Gasteiger partial charge in [-0.05, 0) is 35.7 Å². The fourth-order valence-corrected chi connectivity index (χ4v) is 6.94. The Bertz CT molecular complexity index is 1770. The summed E-state index contributed by atoms with van der Waals surface area (Å²) >= 11 is 3.08. The van der Waals surface area contributed by atoms with Crippen LogP contribution in [0.2, 0.25) is 0 Å². The summed E-state index contributed by atoms with van der Waals surface area (Å²) in [4.78, 5) is 28.6. The predicted molar refractivity (Wildman–Crippen MR) is 136 cm³/mol. The van der Waals surface area contributed by atoms with Crippen molar-refractivity contribution < 1.29 is 9.59 Å². The monoisotopic (exact) mass is 485 g/mol. The largest absolute Gasteiger partial charge is 0.348 e. The molecule has 168 valence electrons. The fraction of sp³-hybridized carbons (Fsp3) is 0.120. The Hall–Kier alpha value is -3.82. The van der Waals surface area contributed by atoms with Crippen LogP contribution in [-0.4, -0.2) is 25.5 Å². The second-order valence-electron chi connectivity index (χ2n) is 8.59. The minimum Gasteiger partial charge on any atom is -0.348 e. The van der Waals surface area contributed by atoms with E-state index in [0.717, 1.165) is 20.3 Å². The van der Waals surface area contributed by atoms with Crippen molar-refractivity contribution in [3.05, 3.63) is 68.9 Å². The lowest BCUT2D eigenvalue weighted by Crippen LogP contribution is -2.20. The van der Waals surface area contributed by atoms with Gasteiger partial charge in [-0.25, -0.2) is 0 Å². The third-order valence-electron chi connectivity index (χ3n) is 6.76. The van der Waals surface area contributed by atoms with E-state index in [2.05, 4.69) is 69.9 Å². The van der Waals surface area contributed by atoms with E-state index in [1.807, 2.05) is 23.6 Å². The molecule has 7 heterocycles. The zero-order valence-electron chi connectivity index (χ0n) is 18.6. The van der Waals surface area contributed by atoms with Crippen LogP contribution in [0, 0.1) is 0 Å². The first-order chi connectivity index (χ1) is 16.4. The number of amides is 2. The summed E-state index contributed by atoms with van der Waals surface area (Å²) in [5.41, 5.74) is 7.92. The van der Waals surface area contributed by atoms with E-state index < -0.39 is 0 Å². The summed E-state index contributed by atoms with van der Waals surface area (Å²) in [7, 11) is 6.24. The molecule has 5 aromatic rings. The Morgan fingerprint density at radius 3 is 2.18 bits per heavy atom. The number of nitrogens with zero attached hydrogens (tertiary/aromatic N) is 3. The van der Waals surface area contributed by atoms with Crippen LogP contribution in [0.1, 0.15) is 9.75 Å². The van der Waals surface area contributed by atoms with Crippen LogP contribution < -0.4 is 10.6 Å². The van der Waals surface area contributed by atoms with E-state index in [1.54, 1.807) is 11.3 Å². The molecule has 0 unspecified atom stereocenters. The molecule has 7 rings (SSSR count). The van der Waals surface area contributed by atoms with Gasteiger partial charge >= 0.3 is 0 Å². The van der Waals surface area contributed by atoms with E-state index in [1.165, 1.54) is 33.4 Å². The number of carbonyl (C=O) groups excluding carboxylic acids is 2. The van der Waals surface area contributed by atoms with Crippen LogP contribution in [0.15, 0.2) is 59.1 Å². The van der Waals surface area contributed by atoms with E-state index in [4.69, 9.17) is 0 Å². The van der Waals surface area contributed by atoms with Gasteiger partial charge in [0.2, 0.25) is 0 Å². The number of fused-ring (bicyclic) bond motifs is 4. The maximum Gasteiger partial charge on any atom is 0.258 e. The molecule has 0 atom stereocenters. The van der Waals surface area contributed by atoms with Gasteiger partial charge in [0, 0.05) is 27.3 Å². The van der Waals surface area contributed by atoms with Crippen molar-refractivity contribution in [2.75, 3.05) is 0 Å². The number of hydrogen-bond donors (Lipinski definition) is 2. The zero-order chi connectivity index (χ0) is 23.3. The molecule has 9 heteroatoms. The van der Waals surface area contributed by atoms with Crippen LogP contribution in [0.4, 0.5) is 0 Å².